The lowest BCUT2D eigenvalue weighted by molar-refractivity contribution is 0.151. The Morgan fingerprint density at radius 2 is 2.08 bits per heavy atom. The third kappa shape index (κ3) is 2.45. The summed E-state index contributed by atoms with van der Waals surface area (Å²) in [5.74, 6) is 0.465. The van der Waals surface area contributed by atoms with Crippen LogP contribution in [0.5, 0.6) is 0 Å². The summed E-state index contributed by atoms with van der Waals surface area (Å²) in [4.78, 5) is 0. The lowest BCUT2D eigenvalue weighted by Gasteiger charge is -2.01. The summed E-state index contributed by atoms with van der Waals surface area (Å²) < 4.78 is 24.3. The van der Waals surface area contributed by atoms with Gasteiger partial charge in [-0.3, -0.25) is 0 Å². The Hall–Kier alpha value is -0.630. The Kier molecular flexibility index (Phi) is 3.48. The summed E-state index contributed by atoms with van der Waals surface area (Å²) >= 11 is 5.48. The Labute approximate surface area is 75.2 Å². The zero-order valence-corrected chi connectivity index (χ0v) is 7.19. The van der Waals surface area contributed by atoms with Crippen molar-refractivity contribution in [2.75, 3.05) is 5.88 Å². The topological polar surface area (TPSA) is 0 Å². The number of alkyl halides is 3. The van der Waals surface area contributed by atoms with Crippen LogP contribution in [0.4, 0.5) is 8.78 Å². The van der Waals surface area contributed by atoms with Crippen LogP contribution in [-0.4, -0.2) is 5.88 Å². The first-order valence-electron chi connectivity index (χ1n) is 3.67. The third-order valence-corrected chi connectivity index (χ3v) is 1.78. The minimum atomic E-state index is -2.39. The molecule has 0 aromatic heterocycles. The predicted molar refractivity (Wildman–Crippen MR) is 45.8 cm³/mol. The fourth-order valence-electron chi connectivity index (χ4n) is 0.993. The molecule has 66 valence electrons. The zero-order valence-electron chi connectivity index (χ0n) is 6.43. The zero-order chi connectivity index (χ0) is 8.97. The molecule has 0 N–H and O–H groups in total. The molecule has 0 nitrogen and oxygen atoms in total. The van der Waals surface area contributed by atoms with Crippen LogP contribution in [0, 0.1) is 0 Å². The molecule has 0 aliphatic rings. The van der Waals surface area contributed by atoms with Crippen molar-refractivity contribution in [2.24, 2.45) is 0 Å². The summed E-state index contributed by atoms with van der Waals surface area (Å²) in [6.07, 6.45) is -1.75. The fraction of sp³-hybridized carbons (Fsp3) is 0.333. The van der Waals surface area contributed by atoms with E-state index in [-0.39, 0.29) is 5.56 Å². The van der Waals surface area contributed by atoms with Crippen molar-refractivity contribution in [3.05, 3.63) is 35.4 Å². The maximum atomic E-state index is 12.2. The molecule has 0 saturated carbocycles. The number of hydrogen-bond donors (Lipinski definition) is 0. The van der Waals surface area contributed by atoms with Crippen molar-refractivity contribution in [3.8, 4) is 0 Å². The van der Waals surface area contributed by atoms with Gasteiger partial charge in [-0.15, -0.1) is 11.6 Å². The van der Waals surface area contributed by atoms with Gasteiger partial charge in [0.15, 0.2) is 0 Å². The van der Waals surface area contributed by atoms with Crippen molar-refractivity contribution in [1.82, 2.24) is 0 Å². The van der Waals surface area contributed by atoms with Crippen LogP contribution in [0.2, 0.25) is 0 Å². The highest BCUT2D eigenvalue weighted by molar-refractivity contribution is 6.17. The van der Waals surface area contributed by atoms with E-state index in [9.17, 15) is 8.78 Å². The summed E-state index contributed by atoms with van der Waals surface area (Å²) in [6, 6.07) is 6.34. The number of rotatable bonds is 3. The summed E-state index contributed by atoms with van der Waals surface area (Å²) in [5.41, 5.74) is 0.931. The SMILES string of the molecule is FC(F)c1cccc(CCCl)c1. The smallest absolute Gasteiger partial charge is 0.205 e. The lowest BCUT2D eigenvalue weighted by Crippen LogP contribution is -1.89. The first-order valence-corrected chi connectivity index (χ1v) is 4.20. The van der Waals surface area contributed by atoms with Crippen molar-refractivity contribution in [3.63, 3.8) is 0 Å². The molecule has 0 spiro atoms. The number of halogens is 3. The Balaban J connectivity index is 2.81. The van der Waals surface area contributed by atoms with Crippen molar-refractivity contribution in [1.29, 1.82) is 0 Å². The van der Waals surface area contributed by atoms with E-state index < -0.39 is 6.43 Å². The molecular formula is C9H9ClF2. The molecule has 0 aliphatic carbocycles. The van der Waals surface area contributed by atoms with E-state index in [1.165, 1.54) is 12.1 Å². The molecule has 3 heteroatoms. The average Bonchev–Trinajstić information content (AvgIpc) is 2.05. The Bertz CT molecular complexity index is 248. The molecule has 0 heterocycles. The van der Waals surface area contributed by atoms with Gasteiger partial charge >= 0.3 is 0 Å². The van der Waals surface area contributed by atoms with Crippen LogP contribution in [0.25, 0.3) is 0 Å². The van der Waals surface area contributed by atoms with Crippen LogP contribution in [-0.2, 0) is 6.42 Å². The van der Waals surface area contributed by atoms with Gasteiger partial charge in [-0.05, 0) is 12.0 Å². The van der Waals surface area contributed by atoms with E-state index in [1.54, 1.807) is 12.1 Å². The summed E-state index contributed by atoms with van der Waals surface area (Å²) in [6.45, 7) is 0. The first-order chi connectivity index (χ1) is 5.74. The van der Waals surface area contributed by atoms with E-state index in [0.717, 1.165) is 5.56 Å². The molecule has 0 aliphatic heterocycles. The minimum absolute atomic E-state index is 0.0672. The highest BCUT2D eigenvalue weighted by Gasteiger charge is 2.06. The van der Waals surface area contributed by atoms with Gasteiger partial charge in [-0.2, -0.15) is 0 Å². The van der Waals surface area contributed by atoms with Crippen molar-refractivity contribution in [2.45, 2.75) is 12.8 Å². The van der Waals surface area contributed by atoms with Gasteiger partial charge in [0, 0.05) is 11.4 Å². The molecule has 1 aromatic carbocycles. The Morgan fingerprint density at radius 3 is 2.67 bits per heavy atom. The number of benzene rings is 1. The molecule has 0 fully saturated rings. The molecular weight excluding hydrogens is 182 g/mol. The third-order valence-electron chi connectivity index (χ3n) is 1.59. The van der Waals surface area contributed by atoms with E-state index in [4.69, 9.17) is 11.6 Å². The predicted octanol–water partition coefficient (Wildman–Crippen LogP) is 3.41. The summed E-state index contributed by atoms with van der Waals surface area (Å²) in [7, 11) is 0. The number of aryl methyl sites for hydroxylation is 1. The molecule has 1 rings (SSSR count). The highest BCUT2D eigenvalue weighted by atomic mass is 35.5. The van der Waals surface area contributed by atoms with Crippen LogP contribution < -0.4 is 0 Å². The van der Waals surface area contributed by atoms with E-state index in [0.29, 0.717) is 12.3 Å². The van der Waals surface area contributed by atoms with Gasteiger partial charge in [-0.25, -0.2) is 8.78 Å². The second-order valence-corrected chi connectivity index (χ2v) is 2.86. The first kappa shape index (κ1) is 9.46. The standard InChI is InChI=1S/C9H9ClF2/c10-5-4-7-2-1-3-8(6-7)9(11)12/h1-3,6,9H,4-5H2. The van der Waals surface area contributed by atoms with Crippen LogP contribution in [0.15, 0.2) is 24.3 Å². The monoisotopic (exact) mass is 190 g/mol. The quantitative estimate of drug-likeness (QED) is 0.641. The molecule has 0 atom stereocenters. The fourth-order valence-corrected chi connectivity index (χ4v) is 1.21. The van der Waals surface area contributed by atoms with Crippen LogP contribution in [0.3, 0.4) is 0 Å². The second kappa shape index (κ2) is 4.41. The minimum Gasteiger partial charge on any atom is -0.205 e. The van der Waals surface area contributed by atoms with E-state index in [2.05, 4.69) is 0 Å². The largest absolute Gasteiger partial charge is 0.263 e. The van der Waals surface area contributed by atoms with Gasteiger partial charge in [0.05, 0.1) is 0 Å². The lowest BCUT2D eigenvalue weighted by atomic mass is 10.1. The van der Waals surface area contributed by atoms with Crippen molar-refractivity contribution >= 4 is 11.6 Å². The normalized spacial score (nSPS) is 10.7. The van der Waals surface area contributed by atoms with Gasteiger partial charge in [0.25, 0.3) is 6.43 Å². The molecule has 0 saturated heterocycles. The van der Waals surface area contributed by atoms with E-state index >= 15 is 0 Å². The van der Waals surface area contributed by atoms with E-state index in [1.807, 2.05) is 0 Å². The maximum absolute atomic E-state index is 12.2. The molecule has 0 amide bonds. The second-order valence-electron chi connectivity index (χ2n) is 2.48. The van der Waals surface area contributed by atoms with Gasteiger partial charge in [0.1, 0.15) is 0 Å². The number of hydrogen-bond acceptors (Lipinski definition) is 0. The molecule has 0 bridgehead atoms. The molecule has 0 radical (unpaired) electrons. The van der Waals surface area contributed by atoms with Gasteiger partial charge in [-0.1, -0.05) is 24.3 Å². The van der Waals surface area contributed by atoms with Gasteiger partial charge < -0.3 is 0 Å². The van der Waals surface area contributed by atoms with Crippen LogP contribution >= 0.6 is 11.6 Å². The van der Waals surface area contributed by atoms with Gasteiger partial charge in [0.2, 0.25) is 0 Å². The highest BCUT2D eigenvalue weighted by Crippen LogP contribution is 2.19. The maximum Gasteiger partial charge on any atom is 0.263 e. The Morgan fingerprint density at radius 1 is 1.33 bits per heavy atom. The molecule has 0 unspecified atom stereocenters. The molecule has 12 heavy (non-hydrogen) atoms. The van der Waals surface area contributed by atoms with Crippen LogP contribution in [0.1, 0.15) is 17.6 Å². The van der Waals surface area contributed by atoms with Crippen molar-refractivity contribution < 1.29 is 8.78 Å². The average molecular weight is 191 g/mol. The summed E-state index contributed by atoms with van der Waals surface area (Å²) in [5, 5.41) is 0. The molecule has 1 aromatic rings.